The number of amides is 1. The maximum atomic E-state index is 13.6. The zero-order chi connectivity index (χ0) is 31.6. The Kier molecular flexibility index (Phi) is 10.1. The maximum Gasteiger partial charge on any atom is 0.410 e. The standard InChI is InChI=1S/C37H56N4O3/c1-8-12-30-21-31(39-40-38)16-17-36(30,7)26(4)20-32-25(3)15-18-37(27(32)5)28(6)34-33(44-37)19-24(2)22-41(34)35(42)43-23-29-13-10-9-11-14-29/h9-11,13-14,24-26,28,30-31,33-34H,8,12,15-23H2,1-7H3/t24-,25+,26+,28+,30+,31+,33+,34-,36+,37-/m0/s1. The Morgan fingerprint density at radius 2 is 1.93 bits per heavy atom. The Hall–Kier alpha value is -2.50. The summed E-state index contributed by atoms with van der Waals surface area (Å²) in [6.45, 7) is 17.6. The number of nitrogens with zero attached hydrogens (tertiary/aromatic N) is 4. The van der Waals surface area contributed by atoms with E-state index in [0.29, 0.717) is 30.3 Å². The second-order valence-corrected chi connectivity index (χ2v) is 15.2. The van der Waals surface area contributed by atoms with Crippen LogP contribution in [0.5, 0.6) is 0 Å². The molecule has 10 atom stereocenters. The van der Waals surface area contributed by atoms with Crippen molar-refractivity contribution in [2.75, 3.05) is 6.54 Å². The van der Waals surface area contributed by atoms with E-state index in [2.05, 4.69) is 58.5 Å². The summed E-state index contributed by atoms with van der Waals surface area (Å²) in [5, 5.41) is 4.14. The maximum absolute atomic E-state index is 13.6. The van der Waals surface area contributed by atoms with Gasteiger partial charge in [0, 0.05) is 23.4 Å². The average molecular weight is 605 g/mol. The van der Waals surface area contributed by atoms with E-state index in [-0.39, 0.29) is 41.2 Å². The van der Waals surface area contributed by atoms with E-state index in [9.17, 15) is 4.79 Å². The number of ether oxygens (including phenoxy) is 2. The highest BCUT2D eigenvalue weighted by Gasteiger charge is 2.59. The van der Waals surface area contributed by atoms with E-state index in [1.165, 1.54) is 12.0 Å². The van der Waals surface area contributed by atoms with Crippen molar-refractivity contribution in [1.29, 1.82) is 0 Å². The van der Waals surface area contributed by atoms with Crippen LogP contribution in [0, 0.1) is 35.0 Å². The quantitative estimate of drug-likeness (QED) is 0.128. The molecule has 5 rings (SSSR count). The van der Waals surface area contributed by atoms with Crippen molar-refractivity contribution >= 4 is 6.09 Å². The zero-order valence-electron chi connectivity index (χ0n) is 28.3. The normalized spacial score (nSPS) is 37.8. The van der Waals surface area contributed by atoms with Gasteiger partial charge in [-0.1, -0.05) is 95.4 Å². The molecule has 2 saturated heterocycles. The van der Waals surface area contributed by atoms with E-state index < -0.39 is 0 Å². The lowest BCUT2D eigenvalue weighted by Gasteiger charge is -2.49. The number of rotatable bonds is 8. The molecule has 44 heavy (non-hydrogen) atoms. The van der Waals surface area contributed by atoms with Gasteiger partial charge in [0.2, 0.25) is 0 Å². The van der Waals surface area contributed by atoms with Crippen LogP contribution in [-0.2, 0) is 16.1 Å². The number of likely N-dealkylation sites (tertiary alicyclic amines) is 1. The summed E-state index contributed by atoms with van der Waals surface area (Å²) in [6.07, 6.45) is 9.47. The lowest BCUT2D eigenvalue weighted by Crippen LogP contribution is -2.54. The minimum Gasteiger partial charge on any atom is -0.445 e. The van der Waals surface area contributed by atoms with Gasteiger partial charge in [-0.15, -0.1) is 0 Å². The molecule has 1 saturated carbocycles. The number of hydrogen-bond acceptors (Lipinski definition) is 4. The third-order valence-corrected chi connectivity index (χ3v) is 12.6. The molecule has 2 aliphatic carbocycles. The van der Waals surface area contributed by atoms with Crippen LogP contribution in [0.3, 0.4) is 0 Å². The second kappa shape index (κ2) is 13.5. The first-order chi connectivity index (χ1) is 21.0. The Bertz CT molecular complexity index is 1240. The molecule has 0 N–H and O–H groups in total. The average Bonchev–Trinajstić information content (AvgIpc) is 3.29. The summed E-state index contributed by atoms with van der Waals surface area (Å²) < 4.78 is 13.1. The number of benzene rings is 1. The van der Waals surface area contributed by atoms with Gasteiger partial charge in [0.05, 0.1) is 17.7 Å². The zero-order valence-corrected chi connectivity index (χ0v) is 28.3. The van der Waals surface area contributed by atoms with Gasteiger partial charge in [-0.05, 0) is 97.6 Å². The Balaban J connectivity index is 1.38. The smallest absolute Gasteiger partial charge is 0.410 e. The lowest BCUT2D eigenvalue weighted by molar-refractivity contribution is -0.0635. The Labute approximate surface area is 265 Å². The molecular weight excluding hydrogens is 548 g/mol. The van der Waals surface area contributed by atoms with Crippen LogP contribution >= 0.6 is 0 Å². The van der Waals surface area contributed by atoms with Crippen molar-refractivity contribution in [2.24, 2.45) is 40.1 Å². The SMILES string of the molecule is CCC[C@@H]1C[C@H](N=[N+]=[N-])CC[C@]1(C)[C@H](C)CC1=C(C)[C@]2(CC[C@H]1C)O[C@@H]1C[C@H](C)CN(C(=O)OCc3ccccc3)[C@H]1[C@H]2C. The number of piperidine rings is 1. The van der Waals surface area contributed by atoms with Crippen LogP contribution in [0.1, 0.15) is 112 Å². The van der Waals surface area contributed by atoms with Crippen LogP contribution in [0.2, 0.25) is 0 Å². The molecule has 2 aliphatic heterocycles. The molecule has 242 valence electrons. The third kappa shape index (κ3) is 6.16. The van der Waals surface area contributed by atoms with Crippen molar-refractivity contribution in [3.8, 4) is 0 Å². The Morgan fingerprint density at radius 3 is 2.64 bits per heavy atom. The van der Waals surface area contributed by atoms with E-state index >= 15 is 0 Å². The van der Waals surface area contributed by atoms with Crippen LogP contribution in [0.15, 0.2) is 46.6 Å². The highest BCUT2D eigenvalue weighted by Crippen LogP contribution is 2.56. The van der Waals surface area contributed by atoms with Gasteiger partial charge in [0.1, 0.15) is 6.61 Å². The van der Waals surface area contributed by atoms with Gasteiger partial charge in [0.25, 0.3) is 0 Å². The number of azide groups is 1. The van der Waals surface area contributed by atoms with Crippen molar-refractivity contribution in [3.05, 3.63) is 57.5 Å². The minimum absolute atomic E-state index is 0.0268. The molecule has 0 aromatic heterocycles. The molecule has 7 heteroatoms. The lowest BCUT2D eigenvalue weighted by atomic mass is 9.57. The molecule has 1 spiro atoms. The minimum atomic E-state index is -0.332. The van der Waals surface area contributed by atoms with Gasteiger partial charge >= 0.3 is 6.09 Å². The van der Waals surface area contributed by atoms with Gasteiger partial charge in [0.15, 0.2) is 0 Å². The molecule has 1 amide bonds. The summed E-state index contributed by atoms with van der Waals surface area (Å²) in [7, 11) is 0. The molecule has 1 aromatic carbocycles. The van der Waals surface area contributed by atoms with Crippen molar-refractivity contribution in [3.63, 3.8) is 0 Å². The van der Waals surface area contributed by atoms with E-state index in [0.717, 1.165) is 63.5 Å². The van der Waals surface area contributed by atoms with Crippen LogP contribution in [-0.4, -0.2) is 41.3 Å². The van der Waals surface area contributed by atoms with E-state index in [1.54, 1.807) is 5.57 Å². The molecule has 0 bridgehead atoms. The fraction of sp³-hybridized carbons (Fsp3) is 0.757. The first-order valence-electron chi connectivity index (χ1n) is 17.4. The highest BCUT2D eigenvalue weighted by molar-refractivity contribution is 5.68. The highest BCUT2D eigenvalue weighted by atomic mass is 16.6. The second-order valence-electron chi connectivity index (χ2n) is 15.2. The van der Waals surface area contributed by atoms with Crippen LogP contribution < -0.4 is 0 Å². The number of carbonyl (C=O) groups excluding carboxylic acids is 1. The van der Waals surface area contributed by atoms with Gasteiger partial charge in [-0.3, -0.25) is 0 Å². The molecule has 0 unspecified atom stereocenters. The largest absolute Gasteiger partial charge is 0.445 e. The van der Waals surface area contributed by atoms with Crippen molar-refractivity contribution in [1.82, 2.24) is 4.90 Å². The molecular formula is C37H56N4O3. The molecule has 4 aliphatic rings. The predicted octanol–water partition coefficient (Wildman–Crippen LogP) is 9.87. The van der Waals surface area contributed by atoms with Gasteiger partial charge < -0.3 is 14.4 Å². The topological polar surface area (TPSA) is 87.5 Å². The predicted molar refractivity (Wildman–Crippen MR) is 176 cm³/mol. The molecule has 3 fully saturated rings. The summed E-state index contributed by atoms with van der Waals surface area (Å²) >= 11 is 0. The van der Waals surface area contributed by atoms with Gasteiger partial charge in [-0.25, -0.2) is 4.79 Å². The summed E-state index contributed by atoms with van der Waals surface area (Å²) in [6, 6.07) is 10.1. The molecule has 2 heterocycles. The first kappa shape index (κ1) is 32.9. The summed E-state index contributed by atoms with van der Waals surface area (Å²) in [4.78, 5) is 18.7. The van der Waals surface area contributed by atoms with Crippen molar-refractivity contribution in [2.45, 2.75) is 137 Å². The monoisotopic (exact) mass is 604 g/mol. The van der Waals surface area contributed by atoms with Crippen LogP contribution in [0.25, 0.3) is 10.4 Å². The molecule has 7 nitrogen and oxygen atoms in total. The number of allylic oxidation sites excluding steroid dienone is 1. The summed E-state index contributed by atoms with van der Waals surface area (Å²) in [5.41, 5.74) is 13.0. The van der Waals surface area contributed by atoms with E-state index in [1.807, 2.05) is 35.2 Å². The number of fused-ring (bicyclic) bond motifs is 1. The fourth-order valence-electron chi connectivity index (χ4n) is 9.72. The Morgan fingerprint density at radius 1 is 1.18 bits per heavy atom. The third-order valence-electron chi connectivity index (χ3n) is 12.6. The van der Waals surface area contributed by atoms with Crippen molar-refractivity contribution < 1.29 is 14.3 Å². The summed E-state index contributed by atoms with van der Waals surface area (Å²) in [5.74, 6) is 2.19. The first-order valence-corrected chi connectivity index (χ1v) is 17.4. The molecule has 1 aromatic rings. The van der Waals surface area contributed by atoms with Gasteiger partial charge in [-0.2, -0.15) is 0 Å². The number of carbonyl (C=O) groups is 1. The van der Waals surface area contributed by atoms with Crippen LogP contribution in [0.4, 0.5) is 4.79 Å². The van der Waals surface area contributed by atoms with E-state index in [4.69, 9.17) is 15.0 Å². The number of hydrogen-bond donors (Lipinski definition) is 0. The molecule has 0 radical (unpaired) electrons. The fourth-order valence-corrected chi connectivity index (χ4v) is 9.72.